The fraction of sp³-hybridized carbons (Fsp3) is 0.269. The van der Waals surface area contributed by atoms with Crippen LogP contribution in [0.1, 0.15) is 27.0 Å². The fourth-order valence-corrected chi connectivity index (χ4v) is 3.51. The molecule has 0 unspecified atom stereocenters. The molecule has 0 spiro atoms. The van der Waals surface area contributed by atoms with Gasteiger partial charge in [-0.15, -0.1) is 0 Å². The largest absolute Gasteiger partial charge is 0.497 e. The standard InChI is InChI=1S/C26H26F3NO4/c1-32-22-6-4-5-20(16-22)25(31)30(17-19-7-10-21(11-8-19)26(27,28)29)14-13-18-9-12-23(33-2)24(15-18)34-3/h4-12,15-16H,13-14,17H2,1-3H3. The van der Waals surface area contributed by atoms with Crippen LogP contribution in [0.15, 0.2) is 66.7 Å². The van der Waals surface area contributed by atoms with Gasteiger partial charge in [0.1, 0.15) is 5.75 Å². The molecule has 0 aliphatic carbocycles. The average molecular weight is 473 g/mol. The molecule has 180 valence electrons. The number of alkyl halides is 3. The van der Waals surface area contributed by atoms with E-state index in [4.69, 9.17) is 14.2 Å². The van der Waals surface area contributed by atoms with Gasteiger partial charge in [0.25, 0.3) is 5.91 Å². The molecule has 0 radical (unpaired) electrons. The highest BCUT2D eigenvalue weighted by atomic mass is 19.4. The number of carbonyl (C=O) groups is 1. The molecule has 0 bridgehead atoms. The summed E-state index contributed by atoms with van der Waals surface area (Å²) in [6, 6.07) is 17.1. The van der Waals surface area contributed by atoms with Crippen LogP contribution < -0.4 is 14.2 Å². The third kappa shape index (κ3) is 6.21. The van der Waals surface area contributed by atoms with Gasteiger partial charge in [-0.3, -0.25) is 4.79 Å². The SMILES string of the molecule is COc1cccc(C(=O)N(CCc2ccc(OC)c(OC)c2)Cc2ccc(C(F)(F)F)cc2)c1. The molecule has 0 saturated heterocycles. The number of carbonyl (C=O) groups excluding carboxylic acids is 1. The van der Waals surface area contributed by atoms with Gasteiger partial charge < -0.3 is 19.1 Å². The maximum Gasteiger partial charge on any atom is 0.416 e. The lowest BCUT2D eigenvalue weighted by molar-refractivity contribution is -0.137. The van der Waals surface area contributed by atoms with Crippen LogP contribution in [-0.4, -0.2) is 38.7 Å². The van der Waals surface area contributed by atoms with Crippen molar-refractivity contribution in [3.63, 3.8) is 0 Å². The van der Waals surface area contributed by atoms with Crippen LogP contribution in [0.4, 0.5) is 13.2 Å². The van der Waals surface area contributed by atoms with Gasteiger partial charge in [0.15, 0.2) is 11.5 Å². The Morgan fingerprint density at radius 1 is 0.824 bits per heavy atom. The summed E-state index contributed by atoms with van der Waals surface area (Å²) < 4.78 is 54.6. The first-order valence-electron chi connectivity index (χ1n) is 10.6. The van der Waals surface area contributed by atoms with Crippen molar-refractivity contribution in [2.75, 3.05) is 27.9 Å². The minimum Gasteiger partial charge on any atom is -0.497 e. The van der Waals surface area contributed by atoms with Crippen LogP contribution in [0, 0.1) is 0 Å². The van der Waals surface area contributed by atoms with Crippen LogP contribution >= 0.6 is 0 Å². The van der Waals surface area contributed by atoms with E-state index in [9.17, 15) is 18.0 Å². The van der Waals surface area contributed by atoms with Gasteiger partial charge in [0.05, 0.1) is 26.9 Å². The monoisotopic (exact) mass is 473 g/mol. The van der Waals surface area contributed by atoms with Crippen LogP contribution in [0.3, 0.4) is 0 Å². The zero-order chi connectivity index (χ0) is 24.7. The van der Waals surface area contributed by atoms with E-state index in [-0.39, 0.29) is 12.5 Å². The Balaban J connectivity index is 1.84. The Bertz CT molecular complexity index is 1110. The van der Waals surface area contributed by atoms with Gasteiger partial charge in [0.2, 0.25) is 0 Å². The topological polar surface area (TPSA) is 48.0 Å². The Morgan fingerprint density at radius 3 is 2.12 bits per heavy atom. The molecule has 0 aromatic heterocycles. The molecule has 3 aromatic rings. The van der Waals surface area contributed by atoms with E-state index in [0.717, 1.165) is 17.7 Å². The summed E-state index contributed by atoms with van der Waals surface area (Å²) >= 11 is 0. The highest BCUT2D eigenvalue weighted by molar-refractivity contribution is 5.94. The third-order valence-corrected chi connectivity index (χ3v) is 5.38. The molecular formula is C26H26F3NO4. The summed E-state index contributed by atoms with van der Waals surface area (Å²) in [5.74, 6) is 1.47. The van der Waals surface area contributed by atoms with Crippen molar-refractivity contribution in [1.29, 1.82) is 0 Å². The van der Waals surface area contributed by atoms with Crippen molar-refractivity contribution >= 4 is 5.91 Å². The maximum atomic E-state index is 13.3. The van der Waals surface area contributed by atoms with E-state index >= 15 is 0 Å². The summed E-state index contributed by atoms with van der Waals surface area (Å²) in [5, 5.41) is 0. The normalized spacial score (nSPS) is 11.1. The average Bonchev–Trinajstić information content (AvgIpc) is 2.85. The molecule has 3 aromatic carbocycles. The van der Waals surface area contributed by atoms with Crippen molar-refractivity contribution in [2.24, 2.45) is 0 Å². The second-order valence-electron chi connectivity index (χ2n) is 7.59. The molecular weight excluding hydrogens is 447 g/mol. The first kappa shape index (κ1) is 25.0. The number of rotatable bonds is 9. The summed E-state index contributed by atoms with van der Waals surface area (Å²) in [5.41, 5.74) is 1.22. The van der Waals surface area contributed by atoms with Crippen LogP contribution in [0.5, 0.6) is 17.2 Å². The van der Waals surface area contributed by atoms with Crippen LogP contribution in [-0.2, 0) is 19.1 Å². The lowest BCUT2D eigenvalue weighted by atomic mass is 10.1. The molecule has 0 aliphatic rings. The van der Waals surface area contributed by atoms with Gasteiger partial charge >= 0.3 is 6.18 Å². The maximum absolute atomic E-state index is 13.3. The van der Waals surface area contributed by atoms with Crippen molar-refractivity contribution in [3.8, 4) is 17.2 Å². The molecule has 0 saturated carbocycles. The Kier molecular flexibility index (Phi) is 8.04. The molecule has 0 heterocycles. The van der Waals surface area contributed by atoms with Crippen LogP contribution in [0.25, 0.3) is 0 Å². The number of hydrogen-bond acceptors (Lipinski definition) is 4. The van der Waals surface area contributed by atoms with Crippen molar-refractivity contribution in [2.45, 2.75) is 19.1 Å². The van der Waals surface area contributed by atoms with Gasteiger partial charge in [0, 0.05) is 18.7 Å². The van der Waals surface area contributed by atoms with Gasteiger partial charge in [-0.2, -0.15) is 13.2 Å². The smallest absolute Gasteiger partial charge is 0.416 e. The van der Waals surface area contributed by atoms with Crippen LogP contribution in [0.2, 0.25) is 0 Å². The van der Waals surface area contributed by atoms with E-state index in [2.05, 4.69) is 0 Å². The lowest BCUT2D eigenvalue weighted by Gasteiger charge is -2.24. The first-order valence-corrected chi connectivity index (χ1v) is 10.6. The van der Waals surface area contributed by atoms with E-state index in [1.165, 1.54) is 19.2 Å². The quantitative estimate of drug-likeness (QED) is 0.405. The number of amides is 1. The molecule has 0 atom stereocenters. The molecule has 0 aliphatic heterocycles. The van der Waals surface area contributed by atoms with Gasteiger partial charge in [-0.05, 0) is 60.0 Å². The Labute approximate surface area is 196 Å². The Hall–Kier alpha value is -3.68. The zero-order valence-electron chi connectivity index (χ0n) is 19.2. The molecule has 3 rings (SSSR count). The number of halogens is 3. The van der Waals surface area contributed by atoms with Gasteiger partial charge in [-0.1, -0.05) is 24.3 Å². The minimum absolute atomic E-state index is 0.154. The number of nitrogens with zero attached hydrogens (tertiary/aromatic N) is 1. The molecule has 8 heteroatoms. The molecule has 1 amide bonds. The predicted molar refractivity (Wildman–Crippen MR) is 122 cm³/mol. The lowest BCUT2D eigenvalue weighted by Crippen LogP contribution is -2.32. The summed E-state index contributed by atoms with van der Waals surface area (Å²) in [7, 11) is 4.61. The van der Waals surface area contributed by atoms with Crippen molar-refractivity contribution < 1.29 is 32.2 Å². The molecule has 0 N–H and O–H groups in total. The molecule has 5 nitrogen and oxygen atoms in total. The third-order valence-electron chi connectivity index (χ3n) is 5.38. The van der Waals surface area contributed by atoms with E-state index in [0.29, 0.717) is 41.3 Å². The number of ether oxygens (including phenoxy) is 3. The number of benzene rings is 3. The second kappa shape index (κ2) is 11.0. The highest BCUT2D eigenvalue weighted by Gasteiger charge is 2.30. The zero-order valence-corrected chi connectivity index (χ0v) is 19.2. The minimum atomic E-state index is -4.41. The Morgan fingerprint density at radius 2 is 1.50 bits per heavy atom. The van der Waals surface area contributed by atoms with E-state index in [1.807, 2.05) is 12.1 Å². The second-order valence-corrected chi connectivity index (χ2v) is 7.59. The van der Waals surface area contributed by atoms with Gasteiger partial charge in [-0.25, -0.2) is 0 Å². The van der Waals surface area contributed by atoms with E-state index in [1.54, 1.807) is 49.5 Å². The summed E-state index contributed by atoms with van der Waals surface area (Å²) in [6.07, 6.45) is -3.90. The first-order chi connectivity index (χ1) is 16.2. The van der Waals surface area contributed by atoms with Crippen molar-refractivity contribution in [1.82, 2.24) is 4.90 Å². The fourth-order valence-electron chi connectivity index (χ4n) is 3.51. The number of hydrogen-bond donors (Lipinski definition) is 0. The number of methoxy groups -OCH3 is 3. The molecule has 34 heavy (non-hydrogen) atoms. The molecule has 0 fully saturated rings. The van der Waals surface area contributed by atoms with Crippen molar-refractivity contribution in [3.05, 3.63) is 89.0 Å². The summed E-state index contributed by atoms with van der Waals surface area (Å²) in [4.78, 5) is 14.9. The summed E-state index contributed by atoms with van der Waals surface area (Å²) in [6.45, 7) is 0.494. The van der Waals surface area contributed by atoms with E-state index < -0.39 is 11.7 Å². The predicted octanol–water partition coefficient (Wildman–Crippen LogP) is 5.62. The highest BCUT2D eigenvalue weighted by Crippen LogP contribution is 2.30.